The Balaban J connectivity index is 1.67. The maximum absolute atomic E-state index is 13.2. The van der Waals surface area contributed by atoms with Crippen LogP contribution >= 0.6 is 11.3 Å². The first-order valence-corrected chi connectivity index (χ1v) is 12.3. The summed E-state index contributed by atoms with van der Waals surface area (Å²) in [6.07, 6.45) is 1.22. The van der Waals surface area contributed by atoms with Crippen LogP contribution in [0, 0.1) is 6.92 Å². The molecule has 0 saturated heterocycles. The molecule has 4 rings (SSSR count). The first-order valence-electron chi connectivity index (χ1n) is 9.97. The lowest BCUT2D eigenvalue weighted by atomic mass is 10.0. The molecule has 0 aliphatic carbocycles. The van der Waals surface area contributed by atoms with Gasteiger partial charge >= 0.3 is 5.91 Å². The third kappa shape index (κ3) is 4.61. The molecule has 0 atom stereocenters. The van der Waals surface area contributed by atoms with Crippen LogP contribution in [0.5, 0.6) is 0 Å². The first kappa shape index (κ1) is 22.9. The SMILES string of the molecule is Cc1sc2ncn(NC(=O)c3ccc(S(=O)(=O)NC(C)(C)C)o3)c(=O)c2c1-c1ccccc1. The Kier molecular flexibility index (Phi) is 5.72. The number of nitrogens with zero attached hydrogens (tertiary/aromatic N) is 2. The van der Waals surface area contributed by atoms with Crippen LogP contribution < -0.4 is 15.7 Å². The Morgan fingerprint density at radius 3 is 2.48 bits per heavy atom. The van der Waals surface area contributed by atoms with E-state index in [-0.39, 0.29) is 5.76 Å². The van der Waals surface area contributed by atoms with Gasteiger partial charge in [0.1, 0.15) is 11.2 Å². The number of thiophene rings is 1. The second-order valence-electron chi connectivity index (χ2n) is 8.41. The number of rotatable bonds is 5. The van der Waals surface area contributed by atoms with Crippen LogP contribution in [0.25, 0.3) is 21.3 Å². The van der Waals surface area contributed by atoms with E-state index >= 15 is 0 Å². The van der Waals surface area contributed by atoms with Gasteiger partial charge in [-0.15, -0.1) is 11.3 Å². The third-order valence-corrected chi connectivity index (χ3v) is 7.23. The molecule has 33 heavy (non-hydrogen) atoms. The Hall–Kier alpha value is -3.28. The molecule has 3 aromatic heterocycles. The fourth-order valence-electron chi connectivity index (χ4n) is 3.34. The molecule has 2 N–H and O–H groups in total. The maximum atomic E-state index is 13.2. The van der Waals surface area contributed by atoms with Crippen LogP contribution in [0.1, 0.15) is 36.2 Å². The van der Waals surface area contributed by atoms with Gasteiger partial charge in [-0.3, -0.25) is 15.0 Å². The number of hydrogen-bond acceptors (Lipinski definition) is 7. The number of furan rings is 1. The topological polar surface area (TPSA) is 123 Å². The molecule has 11 heteroatoms. The van der Waals surface area contributed by atoms with E-state index in [1.54, 1.807) is 20.8 Å². The molecule has 0 unspecified atom stereocenters. The smallest absolute Gasteiger partial charge is 0.305 e. The second kappa shape index (κ2) is 8.25. The summed E-state index contributed by atoms with van der Waals surface area (Å²) >= 11 is 1.39. The second-order valence-corrected chi connectivity index (χ2v) is 11.2. The fourth-order valence-corrected chi connectivity index (χ4v) is 5.70. The van der Waals surface area contributed by atoms with E-state index in [1.165, 1.54) is 29.8 Å². The normalized spacial score (nSPS) is 12.2. The molecule has 0 bridgehead atoms. The van der Waals surface area contributed by atoms with Gasteiger partial charge in [-0.2, -0.15) is 0 Å². The zero-order valence-corrected chi connectivity index (χ0v) is 20.0. The molecular formula is C22H22N4O5S2. The van der Waals surface area contributed by atoms with Crippen molar-refractivity contribution in [3.05, 3.63) is 69.8 Å². The summed E-state index contributed by atoms with van der Waals surface area (Å²) in [4.78, 5) is 31.7. The maximum Gasteiger partial charge on any atom is 0.305 e. The summed E-state index contributed by atoms with van der Waals surface area (Å²) in [7, 11) is -3.95. The number of aromatic nitrogens is 2. The molecule has 0 spiro atoms. The average Bonchev–Trinajstić information content (AvgIpc) is 3.34. The average molecular weight is 487 g/mol. The lowest BCUT2D eigenvalue weighted by molar-refractivity contribution is 0.0975. The van der Waals surface area contributed by atoms with E-state index in [9.17, 15) is 18.0 Å². The van der Waals surface area contributed by atoms with Gasteiger partial charge in [-0.25, -0.2) is 22.8 Å². The van der Waals surface area contributed by atoms with Gasteiger partial charge < -0.3 is 4.42 Å². The molecule has 1 aromatic carbocycles. The summed E-state index contributed by atoms with van der Waals surface area (Å²) in [6, 6.07) is 11.9. The van der Waals surface area contributed by atoms with E-state index in [2.05, 4.69) is 15.1 Å². The number of nitrogens with one attached hydrogen (secondary N) is 2. The van der Waals surface area contributed by atoms with E-state index < -0.39 is 32.1 Å². The zero-order valence-electron chi connectivity index (χ0n) is 18.4. The van der Waals surface area contributed by atoms with Gasteiger partial charge in [0, 0.05) is 16.0 Å². The van der Waals surface area contributed by atoms with E-state index in [4.69, 9.17) is 4.42 Å². The molecule has 0 fully saturated rings. The molecule has 1 amide bonds. The Labute approximate surface area is 194 Å². The van der Waals surface area contributed by atoms with E-state index in [0.29, 0.717) is 10.2 Å². The van der Waals surface area contributed by atoms with Crippen molar-refractivity contribution in [2.45, 2.75) is 38.3 Å². The zero-order chi connectivity index (χ0) is 24.0. The molecule has 0 saturated carbocycles. The number of hydrogen-bond donors (Lipinski definition) is 2. The van der Waals surface area contributed by atoms with Gasteiger partial charge in [-0.05, 0) is 45.4 Å². The number of carbonyl (C=O) groups is 1. The number of aryl methyl sites for hydroxylation is 1. The largest absolute Gasteiger partial charge is 0.438 e. The molecule has 0 aliphatic heterocycles. The van der Waals surface area contributed by atoms with Gasteiger partial charge in [0.15, 0.2) is 5.76 Å². The third-order valence-electron chi connectivity index (χ3n) is 4.58. The van der Waals surface area contributed by atoms with Crippen molar-refractivity contribution in [3.8, 4) is 11.1 Å². The van der Waals surface area contributed by atoms with Crippen LogP contribution in [0.3, 0.4) is 0 Å². The van der Waals surface area contributed by atoms with E-state index in [1.807, 2.05) is 37.3 Å². The Bertz CT molecular complexity index is 1510. The highest BCUT2D eigenvalue weighted by atomic mass is 32.2. The molecule has 0 radical (unpaired) electrons. The minimum absolute atomic E-state index is 0.263. The molecule has 4 aromatic rings. The van der Waals surface area contributed by atoms with Crippen molar-refractivity contribution in [2.24, 2.45) is 0 Å². The minimum Gasteiger partial charge on any atom is -0.438 e. The number of sulfonamides is 1. The van der Waals surface area contributed by atoms with Crippen molar-refractivity contribution < 1.29 is 17.6 Å². The number of carbonyl (C=O) groups excluding carboxylic acids is 1. The van der Waals surface area contributed by atoms with Crippen LogP contribution in [-0.4, -0.2) is 29.5 Å². The number of fused-ring (bicyclic) bond motifs is 1. The van der Waals surface area contributed by atoms with Gasteiger partial charge in [0.2, 0.25) is 5.09 Å². The van der Waals surface area contributed by atoms with Crippen LogP contribution in [-0.2, 0) is 10.0 Å². The predicted molar refractivity (Wildman–Crippen MR) is 127 cm³/mol. The predicted octanol–water partition coefficient (Wildman–Crippen LogP) is 3.49. The Morgan fingerprint density at radius 2 is 1.82 bits per heavy atom. The van der Waals surface area contributed by atoms with Crippen LogP contribution in [0.15, 0.2) is 63.1 Å². The molecule has 0 aliphatic rings. The first-order chi connectivity index (χ1) is 15.5. The lowest BCUT2D eigenvalue weighted by Crippen LogP contribution is -2.40. The number of benzene rings is 1. The molecule has 3 heterocycles. The summed E-state index contributed by atoms with van der Waals surface area (Å²) in [5, 5.41) is -0.00749. The summed E-state index contributed by atoms with van der Waals surface area (Å²) in [5.41, 5.74) is 2.87. The van der Waals surface area contributed by atoms with Crippen LogP contribution in [0.4, 0.5) is 0 Å². The summed E-state index contributed by atoms with van der Waals surface area (Å²) in [5.74, 6) is -1.05. The molecular weight excluding hydrogens is 464 g/mol. The van der Waals surface area contributed by atoms with Crippen molar-refractivity contribution in [2.75, 3.05) is 5.43 Å². The lowest BCUT2D eigenvalue weighted by Gasteiger charge is -2.18. The molecule has 9 nitrogen and oxygen atoms in total. The van der Waals surface area contributed by atoms with Crippen molar-refractivity contribution in [3.63, 3.8) is 0 Å². The monoisotopic (exact) mass is 486 g/mol. The standard InChI is InChI=1S/C22H22N4O5S2/c1-13-17(14-8-6-5-7-9-14)18-20(32-13)23-12-26(21(18)28)24-19(27)15-10-11-16(31-15)33(29,30)25-22(2,3)4/h5-12,25H,1-4H3,(H,24,27). The van der Waals surface area contributed by atoms with Crippen LogP contribution in [0.2, 0.25) is 0 Å². The van der Waals surface area contributed by atoms with Crippen molar-refractivity contribution in [1.82, 2.24) is 14.4 Å². The van der Waals surface area contributed by atoms with Gasteiger partial charge in [0.25, 0.3) is 15.6 Å². The Morgan fingerprint density at radius 1 is 1.12 bits per heavy atom. The van der Waals surface area contributed by atoms with Gasteiger partial charge in [0.05, 0.1) is 5.39 Å². The quantitative estimate of drug-likeness (QED) is 0.445. The van der Waals surface area contributed by atoms with Crippen molar-refractivity contribution >= 4 is 37.5 Å². The summed E-state index contributed by atoms with van der Waals surface area (Å²) in [6.45, 7) is 6.97. The highest BCUT2D eigenvalue weighted by Gasteiger charge is 2.26. The van der Waals surface area contributed by atoms with Gasteiger partial charge in [-0.1, -0.05) is 30.3 Å². The number of amides is 1. The highest BCUT2D eigenvalue weighted by molar-refractivity contribution is 7.89. The minimum atomic E-state index is -3.95. The van der Waals surface area contributed by atoms with Crippen molar-refractivity contribution in [1.29, 1.82) is 0 Å². The highest BCUT2D eigenvalue weighted by Crippen LogP contribution is 2.35. The van der Waals surface area contributed by atoms with E-state index in [0.717, 1.165) is 20.7 Å². The fraction of sp³-hybridized carbons (Fsp3) is 0.227. The summed E-state index contributed by atoms with van der Waals surface area (Å²) < 4.78 is 33.5. The molecule has 172 valence electrons.